The SMILES string of the molecule is CSc1cccc(-c2ccnc3c2CC(=N)C(C)C3)c1. The molecule has 0 saturated heterocycles. The third-order valence-corrected chi connectivity index (χ3v) is 4.71. The average molecular weight is 282 g/mol. The van der Waals surface area contributed by atoms with Crippen LogP contribution in [0.4, 0.5) is 0 Å². The first-order valence-corrected chi connectivity index (χ1v) is 8.10. The summed E-state index contributed by atoms with van der Waals surface area (Å²) in [5.41, 5.74) is 5.71. The maximum atomic E-state index is 8.13. The van der Waals surface area contributed by atoms with Gasteiger partial charge in [0.1, 0.15) is 0 Å². The summed E-state index contributed by atoms with van der Waals surface area (Å²) in [5, 5.41) is 8.13. The number of nitrogens with one attached hydrogen (secondary N) is 1. The molecule has 0 saturated carbocycles. The zero-order chi connectivity index (χ0) is 14.1. The molecular weight excluding hydrogens is 264 g/mol. The van der Waals surface area contributed by atoms with Crippen LogP contribution >= 0.6 is 11.8 Å². The molecule has 1 aromatic carbocycles. The predicted octanol–water partition coefficient (Wildman–Crippen LogP) is 4.22. The molecule has 1 aromatic heterocycles. The van der Waals surface area contributed by atoms with E-state index >= 15 is 0 Å². The molecule has 1 heterocycles. The van der Waals surface area contributed by atoms with Crippen LogP contribution in [-0.4, -0.2) is 17.0 Å². The van der Waals surface area contributed by atoms with Crippen molar-refractivity contribution in [1.82, 2.24) is 4.98 Å². The van der Waals surface area contributed by atoms with E-state index in [2.05, 4.69) is 48.5 Å². The lowest BCUT2D eigenvalue weighted by molar-refractivity contribution is 0.700. The normalized spacial score (nSPS) is 17.9. The summed E-state index contributed by atoms with van der Waals surface area (Å²) in [6.07, 6.45) is 5.63. The van der Waals surface area contributed by atoms with Crippen LogP contribution in [0.2, 0.25) is 0 Å². The van der Waals surface area contributed by atoms with E-state index in [4.69, 9.17) is 5.41 Å². The first-order chi connectivity index (χ1) is 9.69. The third-order valence-electron chi connectivity index (χ3n) is 3.99. The first-order valence-electron chi connectivity index (χ1n) is 6.87. The second-order valence-corrected chi connectivity index (χ2v) is 6.20. The van der Waals surface area contributed by atoms with Crippen LogP contribution in [0.3, 0.4) is 0 Å². The fourth-order valence-electron chi connectivity index (χ4n) is 2.75. The third kappa shape index (κ3) is 2.38. The van der Waals surface area contributed by atoms with Gasteiger partial charge in [0.2, 0.25) is 0 Å². The van der Waals surface area contributed by atoms with Crippen molar-refractivity contribution in [2.75, 3.05) is 6.26 Å². The number of thioether (sulfide) groups is 1. The maximum absolute atomic E-state index is 8.13. The Morgan fingerprint density at radius 2 is 2.15 bits per heavy atom. The van der Waals surface area contributed by atoms with Gasteiger partial charge < -0.3 is 5.41 Å². The molecule has 1 atom stereocenters. The summed E-state index contributed by atoms with van der Waals surface area (Å²) >= 11 is 1.76. The summed E-state index contributed by atoms with van der Waals surface area (Å²) in [5.74, 6) is 0.322. The number of fused-ring (bicyclic) bond motifs is 1. The standard InChI is InChI=1S/C17H18N2S/c1-11-8-17-15(10-16(11)18)14(6-7-19-17)12-4-3-5-13(9-12)20-2/h3-7,9,11,18H,8,10H2,1-2H3. The van der Waals surface area contributed by atoms with Crippen LogP contribution in [0, 0.1) is 11.3 Å². The molecular formula is C17H18N2S. The molecule has 1 aliphatic rings. The van der Waals surface area contributed by atoms with Gasteiger partial charge in [-0.05, 0) is 53.5 Å². The summed E-state index contributed by atoms with van der Waals surface area (Å²) in [6, 6.07) is 10.7. The molecule has 0 amide bonds. The number of rotatable bonds is 2. The minimum Gasteiger partial charge on any atom is -0.309 e. The Balaban J connectivity index is 2.11. The highest BCUT2D eigenvalue weighted by atomic mass is 32.2. The lowest BCUT2D eigenvalue weighted by Gasteiger charge is -2.24. The van der Waals surface area contributed by atoms with E-state index in [-0.39, 0.29) is 0 Å². The van der Waals surface area contributed by atoms with Gasteiger partial charge in [0.15, 0.2) is 0 Å². The minimum atomic E-state index is 0.322. The molecule has 0 spiro atoms. The minimum absolute atomic E-state index is 0.322. The van der Waals surface area contributed by atoms with Crippen LogP contribution in [0.1, 0.15) is 18.2 Å². The molecule has 102 valence electrons. The van der Waals surface area contributed by atoms with Crippen molar-refractivity contribution in [3.05, 3.63) is 47.8 Å². The Morgan fingerprint density at radius 1 is 1.30 bits per heavy atom. The molecule has 3 rings (SSSR count). The van der Waals surface area contributed by atoms with Gasteiger partial charge in [-0.1, -0.05) is 19.1 Å². The molecule has 20 heavy (non-hydrogen) atoms. The number of pyridine rings is 1. The van der Waals surface area contributed by atoms with Gasteiger partial charge in [-0.2, -0.15) is 0 Å². The lowest BCUT2D eigenvalue weighted by atomic mass is 9.83. The van der Waals surface area contributed by atoms with Crippen LogP contribution in [0.5, 0.6) is 0 Å². The number of benzene rings is 1. The molecule has 1 unspecified atom stereocenters. The van der Waals surface area contributed by atoms with Crippen molar-refractivity contribution in [2.24, 2.45) is 5.92 Å². The van der Waals surface area contributed by atoms with Gasteiger partial charge in [0, 0.05) is 28.9 Å². The molecule has 0 fully saturated rings. The highest BCUT2D eigenvalue weighted by molar-refractivity contribution is 7.98. The molecule has 1 aliphatic carbocycles. The van der Waals surface area contributed by atoms with E-state index in [0.717, 1.165) is 18.6 Å². The van der Waals surface area contributed by atoms with E-state index in [1.54, 1.807) is 11.8 Å². The Hall–Kier alpha value is -1.61. The van der Waals surface area contributed by atoms with Crippen LogP contribution in [0.25, 0.3) is 11.1 Å². The van der Waals surface area contributed by atoms with Crippen LogP contribution < -0.4 is 0 Å². The molecule has 0 bridgehead atoms. The van der Waals surface area contributed by atoms with Crippen LogP contribution in [-0.2, 0) is 12.8 Å². The molecule has 0 aliphatic heterocycles. The highest BCUT2D eigenvalue weighted by Gasteiger charge is 2.23. The summed E-state index contributed by atoms with van der Waals surface area (Å²) in [7, 11) is 0. The first kappa shape index (κ1) is 13.4. The van der Waals surface area contributed by atoms with E-state index in [1.807, 2.05) is 6.20 Å². The van der Waals surface area contributed by atoms with Crippen LogP contribution in [0.15, 0.2) is 41.4 Å². The molecule has 0 radical (unpaired) electrons. The topological polar surface area (TPSA) is 36.7 Å². The van der Waals surface area contributed by atoms with Gasteiger partial charge in [0.25, 0.3) is 0 Å². The van der Waals surface area contributed by atoms with Crippen molar-refractivity contribution >= 4 is 17.5 Å². The van der Waals surface area contributed by atoms with Crippen molar-refractivity contribution < 1.29 is 0 Å². The summed E-state index contributed by atoms with van der Waals surface area (Å²) in [4.78, 5) is 5.80. The largest absolute Gasteiger partial charge is 0.309 e. The van der Waals surface area contributed by atoms with Crippen molar-refractivity contribution in [1.29, 1.82) is 5.41 Å². The summed E-state index contributed by atoms with van der Waals surface area (Å²) in [6.45, 7) is 2.12. The van der Waals surface area contributed by atoms with Gasteiger partial charge >= 0.3 is 0 Å². The van der Waals surface area contributed by atoms with Gasteiger partial charge in [-0.3, -0.25) is 4.98 Å². The zero-order valence-electron chi connectivity index (χ0n) is 11.8. The quantitative estimate of drug-likeness (QED) is 0.837. The van der Waals surface area contributed by atoms with Gasteiger partial charge in [0.05, 0.1) is 0 Å². The van der Waals surface area contributed by atoms with Crippen molar-refractivity contribution in [2.45, 2.75) is 24.7 Å². The van der Waals surface area contributed by atoms with E-state index in [9.17, 15) is 0 Å². The Morgan fingerprint density at radius 3 is 2.95 bits per heavy atom. The number of hydrogen-bond donors (Lipinski definition) is 1. The Bertz CT molecular complexity index is 664. The molecule has 2 nitrogen and oxygen atoms in total. The van der Waals surface area contributed by atoms with Gasteiger partial charge in [-0.15, -0.1) is 11.8 Å². The number of nitrogens with zero attached hydrogens (tertiary/aromatic N) is 1. The smallest absolute Gasteiger partial charge is 0.0452 e. The molecule has 1 N–H and O–H groups in total. The number of hydrogen-bond acceptors (Lipinski definition) is 3. The zero-order valence-corrected chi connectivity index (χ0v) is 12.6. The van der Waals surface area contributed by atoms with E-state index < -0.39 is 0 Å². The Labute approximate surface area is 124 Å². The number of aromatic nitrogens is 1. The maximum Gasteiger partial charge on any atom is 0.0452 e. The highest BCUT2D eigenvalue weighted by Crippen LogP contribution is 2.32. The van der Waals surface area contributed by atoms with Crippen molar-refractivity contribution in [3.63, 3.8) is 0 Å². The second-order valence-electron chi connectivity index (χ2n) is 5.32. The fourth-order valence-corrected chi connectivity index (χ4v) is 3.21. The van der Waals surface area contributed by atoms with E-state index in [0.29, 0.717) is 5.92 Å². The predicted molar refractivity (Wildman–Crippen MR) is 85.8 cm³/mol. The molecule has 3 heteroatoms. The Kier molecular flexibility index (Phi) is 3.62. The fraction of sp³-hybridized carbons (Fsp3) is 0.294. The van der Waals surface area contributed by atoms with Gasteiger partial charge in [-0.25, -0.2) is 0 Å². The van der Waals surface area contributed by atoms with E-state index in [1.165, 1.54) is 27.3 Å². The monoisotopic (exact) mass is 282 g/mol. The lowest BCUT2D eigenvalue weighted by Crippen LogP contribution is -2.23. The average Bonchev–Trinajstić information content (AvgIpc) is 2.48. The summed E-state index contributed by atoms with van der Waals surface area (Å²) < 4.78 is 0. The second kappa shape index (κ2) is 5.41. The van der Waals surface area contributed by atoms with Crippen molar-refractivity contribution in [3.8, 4) is 11.1 Å². The molecule has 2 aromatic rings.